The third-order valence-electron chi connectivity index (χ3n) is 5.66. The van der Waals surface area contributed by atoms with Gasteiger partial charge in [-0.05, 0) is 44.8 Å². The van der Waals surface area contributed by atoms with E-state index in [2.05, 4.69) is 17.9 Å². The van der Waals surface area contributed by atoms with Gasteiger partial charge in [0.25, 0.3) is 5.91 Å². The summed E-state index contributed by atoms with van der Waals surface area (Å²) in [6.07, 6.45) is 11.6. The quantitative estimate of drug-likeness (QED) is 0.246. The van der Waals surface area contributed by atoms with Gasteiger partial charge in [0.2, 0.25) is 11.8 Å². The van der Waals surface area contributed by atoms with Crippen molar-refractivity contribution < 1.29 is 43.6 Å². The Hall–Kier alpha value is -3.76. The van der Waals surface area contributed by atoms with E-state index in [1.807, 2.05) is 0 Å². The first-order valence-corrected chi connectivity index (χ1v) is 14.2. The molecule has 2 rings (SSSR count). The van der Waals surface area contributed by atoms with Crippen LogP contribution < -0.4 is 0 Å². The molecule has 1 fully saturated rings. The minimum atomic E-state index is -0.733. The summed E-state index contributed by atoms with van der Waals surface area (Å²) in [7, 11) is 9.87. The molecule has 0 aromatic carbocycles. The molecule has 0 radical (unpaired) electrons. The van der Waals surface area contributed by atoms with Gasteiger partial charge in [-0.15, -0.1) is 0 Å². The molecule has 2 aliphatic rings. The number of carbonyl (C=O) groups excluding carboxylic acids is 4. The molecule has 246 valence electrons. The van der Waals surface area contributed by atoms with Crippen molar-refractivity contribution in [1.82, 2.24) is 14.7 Å². The first-order chi connectivity index (χ1) is 20.5. The number of amides is 3. The summed E-state index contributed by atoms with van der Waals surface area (Å²) >= 11 is 0. The van der Waals surface area contributed by atoms with Gasteiger partial charge in [-0.3, -0.25) is 14.4 Å². The van der Waals surface area contributed by atoms with Crippen LogP contribution in [0, 0.1) is 11.8 Å². The Morgan fingerprint density at radius 1 is 0.886 bits per heavy atom. The summed E-state index contributed by atoms with van der Waals surface area (Å²) in [5.41, 5.74) is 1.01. The number of ether oxygens (including phenoxy) is 3. The van der Waals surface area contributed by atoms with E-state index in [0.717, 1.165) is 18.4 Å². The van der Waals surface area contributed by atoms with Crippen molar-refractivity contribution in [3.8, 4) is 11.8 Å². The average Bonchev–Trinajstić information content (AvgIpc) is 3.39. The van der Waals surface area contributed by atoms with Crippen LogP contribution in [-0.4, -0.2) is 128 Å². The minimum absolute atomic E-state index is 0.110. The molecule has 44 heavy (non-hydrogen) atoms. The van der Waals surface area contributed by atoms with Gasteiger partial charge < -0.3 is 39.1 Å². The number of esters is 1. The summed E-state index contributed by atoms with van der Waals surface area (Å²) in [4.78, 5) is 49.0. The first kappa shape index (κ1) is 40.2. The fourth-order valence-corrected chi connectivity index (χ4v) is 3.27. The summed E-state index contributed by atoms with van der Waals surface area (Å²) in [6, 6.07) is 0. The van der Waals surface area contributed by atoms with Crippen molar-refractivity contribution in [2.75, 3.05) is 55.5 Å². The van der Waals surface area contributed by atoms with E-state index < -0.39 is 30.1 Å². The number of allylic oxidation sites excluding steroid dienone is 2. The SMILES string of the molecule is C[C@@H](O)/C=C\C(=O)N(C)C.C[C@@H](O)C#CC(=O)N(C)C.C[C@H](/C=C\C(=O)N(C)C)OC(=O)/C=C/C1=CCCC2(C1)OCCO2. The van der Waals surface area contributed by atoms with E-state index in [1.54, 1.807) is 68.3 Å². The van der Waals surface area contributed by atoms with E-state index in [9.17, 15) is 19.2 Å². The fourth-order valence-electron chi connectivity index (χ4n) is 3.27. The number of aliphatic hydroxyl groups is 2. The summed E-state index contributed by atoms with van der Waals surface area (Å²) in [5.74, 6) is 3.10. The average molecular weight is 620 g/mol. The largest absolute Gasteiger partial charge is 0.455 e. The zero-order valence-corrected chi connectivity index (χ0v) is 27.4. The van der Waals surface area contributed by atoms with E-state index >= 15 is 0 Å². The Morgan fingerprint density at radius 2 is 1.43 bits per heavy atom. The molecular formula is C32H49N3O9. The van der Waals surface area contributed by atoms with E-state index in [4.69, 9.17) is 24.4 Å². The molecule has 0 unspecified atom stereocenters. The molecule has 1 aliphatic carbocycles. The molecule has 0 saturated carbocycles. The van der Waals surface area contributed by atoms with Crippen molar-refractivity contribution >= 4 is 23.7 Å². The maximum atomic E-state index is 11.9. The lowest BCUT2D eigenvalue weighted by molar-refractivity contribution is -0.162. The van der Waals surface area contributed by atoms with Crippen LogP contribution in [0.15, 0.2) is 48.1 Å². The van der Waals surface area contributed by atoms with Crippen molar-refractivity contribution in [2.45, 2.75) is 64.1 Å². The third-order valence-corrected chi connectivity index (χ3v) is 5.66. The number of hydrogen-bond donors (Lipinski definition) is 2. The third kappa shape index (κ3) is 18.7. The highest BCUT2D eigenvalue weighted by molar-refractivity contribution is 5.93. The van der Waals surface area contributed by atoms with Crippen LogP contribution in [0.1, 0.15) is 40.0 Å². The van der Waals surface area contributed by atoms with Gasteiger partial charge in [0.05, 0.1) is 19.3 Å². The maximum absolute atomic E-state index is 11.9. The Labute approximate surface area is 261 Å². The highest BCUT2D eigenvalue weighted by Gasteiger charge is 2.38. The predicted octanol–water partition coefficient (Wildman–Crippen LogP) is 1.44. The lowest BCUT2D eigenvalue weighted by Gasteiger charge is -2.30. The summed E-state index contributed by atoms with van der Waals surface area (Å²) < 4.78 is 16.6. The van der Waals surface area contributed by atoms with Crippen molar-refractivity contribution in [1.29, 1.82) is 0 Å². The lowest BCUT2D eigenvalue weighted by Crippen LogP contribution is -2.32. The summed E-state index contributed by atoms with van der Waals surface area (Å²) in [6.45, 7) is 6.05. The van der Waals surface area contributed by atoms with Crippen LogP contribution in [0.25, 0.3) is 0 Å². The zero-order valence-electron chi connectivity index (χ0n) is 27.4. The molecule has 1 aliphatic heterocycles. The lowest BCUT2D eigenvalue weighted by atomic mass is 9.93. The molecule has 12 nitrogen and oxygen atoms in total. The topological polar surface area (TPSA) is 146 Å². The van der Waals surface area contributed by atoms with Gasteiger partial charge in [-0.2, -0.15) is 0 Å². The van der Waals surface area contributed by atoms with Crippen LogP contribution in [0.5, 0.6) is 0 Å². The van der Waals surface area contributed by atoms with E-state index in [0.29, 0.717) is 19.6 Å². The van der Waals surface area contributed by atoms with Crippen LogP contribution >= 0.6 is 0 Å². The Balaban J connectivity index is 0.000000765. The second kappa shape index (κ2) is 21.0. The number of carbonyl (C=O) groups is 4. The molecule has 12 heteroatoms. The highest BCUT2D eigenvalue weighted by atomic mass is 16.7. The second-order valence-electron chi connectivity index (χ2n) is 10.6. The maximum Gasteiger partial charge on any atom is 0.331 e. The van der Waals surface area contributed by atoms with Crippen molar-refractivity contribution in [2.24, 2.45) is 0 Å². The first-order valence-electron chi connectivity index (χ1n) is 14.2. The number of aliphatic hydroxyl groups excluding tert-OH is 2. The molecule has 1 saturated heterocycles. The van der Waals surface area contributed by atoms with Crippen LogP contribution in [0.4, 0.5) is 0 Å². The second-order valence-corrected chi connectivity index (χ2v) is 10.6. The summed E-state index contributed by atoms with van der Waals surface area (Å²) in [5, 5.41) is 17.4. The van der Waals surface area contributed by atoms with Crippen LogP contribution in [0.2, 0.25) is 0 Å². The van der Waals surface area contributed by atoms with Gasteiger partial charge in [-0.25, -0.2) is 4.79 Å². The van der Waals surface area contributed by atoms with E-state index in [1.165, 1.54) is 45.9 Å². The molecule has 3 amide bonds. The molecule has 1 heterocycles. The van der Waals surface area contributed by atoms with E-state index in [-0.39, 0.29) is 17.7 Å². The van der Waals surface area contributed by atoms with Gasteiger partial charge in [-0.1, -0.05) is 24.1 Å². The monoisotopic (exact) mass is 619 g/mol. The Bertz CT molecular complexity index is 1120. The number of nitrogens with zero attached hydrogens (tertiary/aromatic N) is 3. The normalized spacial score (nSPS) is 17.2. The number of rotatable bonds is 7. The molecule has 0 aromatic rings. The highest BCUT2D eigenvalue weighted by Crippen LogP contribution is 2.36. The standard InChI is InChI=1S/C18H25NO5.C7H13NO2.C7H11NO2/c1-14(6-8-16(20)19(2)3)24-17(21)9-7-15-5-4-10-18(13-15)22-11-12-23-18;2*1-6(9)4-5-7(10)8(2)3/h5-9,14H,4,10-13H2,1-3H3;4-6,9H,1-3H3;6,9H,1-3H3/b8-6-,9-7+;5-4-;/t14-;2*6-/m111/s1. The molecular weight excluding hydrogens is 570 g/mol. The molecule has 2 N–H and O–H groups in total. The smallest absolute Gasteiger partial charge is 0.331 e. The van der Waals surface area contributed by atoms with Gasteiger partial charge in [0.15, 0.2) is 5.79 Å². The fraction of sp³-hybridized carbons (Fsp3) is 0.562. The van der Waals surface area contributed by atoms with Gasteiger partial charge in [0.1, 0.15) is 12.2 Å². The predicted molar refractivity (Wildman–Crippen MR) is 167 cm³/mol. The van der Waals surface area contributed by atoms with Crippen LogP contribution in [-0.2, 0) is 33.4 Å². The number of likely N-dealkylation sites (N-methyl/N-ethyl adjacent to an activating group) is 2. The number of hydrogen-bond acceptors (Lipinski definition) is 9. The van der Waals surface area contributed by atoms with Crippen molar-refractivity contribution in [3.05, 3.63) is 48.1 Å². The van der Waals surface area contributed by atoms with Gasteiger partial charge in [0, 0.05) is 73.4 Å². The van der Waals surface area contributed by atoms with Gasteiger partial charge >= 0.3 is 5.97 Å². The Morgan fingerprint density at radius 3 is 1.91 bits per heavy atom. The van der Waals surface area contributed by atoms with Crippen LogP contribution in [0.3, 0.4) is 0 Å². The molecule has 0 aromatic heterocycles. The zero-order chi connectivity index (χ0) is 33.9. The minimum Gasteiger partial charge on any atom is -0.455 e. The molecule has 1 spiro atoms. The Kier molecular flexibility index (Phi) is 19.2. The van der Waals surface area contributed by atoms with Crippen molar-refractivity contribution in [3.63, 3.8) is 0 Å². The molecule has 0 bridgehead atoms. The molecule has 3 atom stereocenters.